The van der Waals surface area contributed by atoms with E-state index in [1.54, 1.807) is 36.9 Å². The van der Waals surface area contributed by atoms with Crippen LogP contribution in [-0.4, -0.2) is 40.2 Å². The van der Waals surface area contributed by atoms with Crippen LogP contribution in [0, 0.1) is 6.92 Å². The quantitative estimate of drug-likeness (QED) is 0.507. The van der Waals surface area contributed by atoms with Crippen LogP contribution in [0.5, 0.6) is 0 Å². The molecule has 134 valence electrons. The number of benzene rings is 2. The Morgan fingerprint density at radius 1 is 1.23 bits per heavy atom. The second-order valence-electron chi connectivity index (χ2n) is 6.11. The van der Waals surface area contributed by atoms with Crippen molar-refractivity contribution in [3.8, 4) is 5.69 Å². The number of aryl methyl sites for hydroxylation is 1. The van der Waals surface area contributed by atoms with E-state index < -0.39 is 0 Å². The molecule has 0 atom stereocenters. The lowest BCUT2D eigenvalue weighted by Crippen LogP contribution is -2.25. The summed E-state index contributed by atoms with van der Waals surface area (Å²) in [6, 6.07) is 12.7. The van der Waals surface area contributed by atoms with E-state index in [-0.39, 0.29) is 17.2 Å². The van der Waals surface area contributed by atoms with Gasteiger partial charge in [-0.1, -0.05) is 35.5 Å². The molecule has 1 heterocycles. The maximum atomic E-state index is 13.1. The summed E-state index contributed by atoms with van der Waals surface area (Å²) in [5.74, 6) is 0.142. The van der Waals surface area contributed by atoms with Gasteiger partial charge in [0.1, 0.15) is 0 Å². The summed E-state index contributed by atoms with van der Waals surface area (Å²) < 4.78 is 1.55. The fourth-order valence-corrected chi connectivity index (χ4v) is 3.64. The number of amides is 1. The van der Waals surface area contributed by atoms with Crippen molar-refractivity contribution in [2.75, 3.05) is 19.8 Å². The Bertz CT molecular complexity index is 1050. The summed E-state index contributed by atoms with van der Waals surface area (Å²) in [4.78, 5) is 31.2. The highest BCUT2D eigenvalue weighted by molar-refractivity contribution is 7.99. The van der Waals surface area contributed by atoms with Crippen molar-refractivity contribution >= 4 is 40.2 Å². The monoisotopic (exact) mass is 387 g/mol. The van der Waals surface area contributed by atoms with Crippen LogP contribution in [0.3, 0.4) is 0 Å². The Labute approximate surface area is 160 Å². The first kappa shape index (κ1) is 18.5. The molecule has 0 saturated carbocycles. The topological polar surface area (TPSA) is 55.2 Å². The second-order valence-corrected chi connectivity index (χ2v) is 7.49. The fourth-order valence-electron chi connectivity index (χ4n) is 2.49. The smallest absolute Gasteiger partial charge is 0.266 e. The molecule has 0 radical (unpaired) electrons. The standard InChI is InChI=1S/C19H18ClN3O2S/c1-12-5-4-6-14(9-12)23-18(25)15-8-7-13(20)10-16(15)21-19(23)26-11-17(24)22(2)3/h4-10H,11H2,1-3H3. The van der Waals surface area contributed by atoms with E-state index in [2.05, 4.69) is 4.98 Å². The summed E-state index contributed by atoms with van der Waals surface area (Å²) >= 11 is 7.29. The second kappa shape index (κ2) is 7.51. The van der Waals surface area contributed by atoms with E-state index in [1.807, 2.05) is 31.2 Å². The highest BCUT2D eigenvalue weighted by atomic mass is 35.5. The van der Waals surface area contributed by atoms with Gasteiger partial charge in [0.25, 0.3) is 5.56 Å². The maximum Gasteiger partial charge on any atom is 0.266 e. The van der Waals surface area contributed by atoms with Gasteiger partial charge in [-0.25, -0.2) is 4.98 Å². The third-order valence-electron chi connectivity index (χ3n) is 3.88. The Morgan fingerprint density at radius 3 is 2.69 bits per heavy atom. The first-order valence-corrected chi connectivity index (χ1v) is 9.35. The third kappa shape index (κ3) is 3.76. The predicted molar refractivity (Wildman–Crippen MR) is 107 cm³/mol. The van der Waals surface area contributed by atoms with Crippen LogP contribution in [-0.2, 0) is 4.79 Å². The minimum absolute atomic E-state index is 0.0498. The van der Waals surface area contributed by atoms with Crippen molar-refractivity contribution in [2.45, 2.75) is 12.1 Å². The number of carbonyl (C=O) groups excluding carboxylic acids is 1. The molecule has 0 saturated heterocycles. The highest BCUT2D eigenvalue weighted by Gasteiger charge is 2.15. The lowest BCUT2D eigenvalue weighted by atomic mass is 10.2. The molecular weight excluding hydrogens is 370 g/mol. The van der Waals surface area contributed by atoms with Crippen molar-refractivity contribution in [1.29, 1.82) is 0 Å². The van der Waals surface area contributed by atoms with E-state index in [9.17, 15) is 9.59 Å². The van der Waals surface area contributed by atoms with Gasteiger partial charge in [0.15, 0.2) is 5.16 Å². The van der Waals surface area contributed by atoms with E-state index in [4.69, 9.17) is 11.6 Å². The minimum atomic E-state index is -0.183. The molecule has 0 aliphatic heterocycles. The molecule has 0 fully saturated rings. The molecule has 0 aliphatic carbocycles. The first-order valence-electron chi connectivity index (χ1n) is 7.99. The van der Waals surface area contributed by atoms with Gasteiger partial charge in [0, 0.05) is 19.1 Å². The number of rotatable bonds is 4. The van der Waals surface area contributed by atoms with E-state index in [0.717, 1.165) is 11.3 Å². The van der Waals surface area contributed by atoms with Crippen molar-refractivity contribution in [3.05, 3.63) is 63.4 Å². The number of nitrogens with zero attached hydrogens (tertiary/aromatic N) is 3. The summed E-state index contributed by atoms with van der Waals surface area (Å²) in [7, 11) is 3.40. The molecule has 7 heteroatoms. The predicted octanol–water partition coefficient (Wildman–Crippen LogP) is 3.53. The van der Waals surface area contributed by atoms with Crippen molar-refractivity contribution in [2.24, 2.45) is 0 Å². The zero-order valence-corrected chi connectivity index (χ0v) is 16.3. The van der Waals surface area contributed by atoms with E-state index >= 15 is 0 Å². The normalized spacial score (nSPS) is 10.9. The molecule has 1 aromatic heterocycles. The van der Waals surface area contributed by atoms with Gasteiger partial charge in [0.2, 0.25) is 5.91 Å². The number of halogens is 1. The van der Waals surface area contributed by atoms with Crippen LogP contribution in [0.25, 0.3) is 16.6 Å². The van der Waals surface area contributed by atoms with Crippen molar-refractivity contribution in [3.63, 3.8) is 0 Å². The molecule has 0 aliphatic rings. The summed E-state index contributed by atoms with van der Waals surface area (Å²) in [5.41, 5.74) is 2.09. The number of thioether (sulfide) groups is 1. The van der Waals surface area contributed by atoms with Gasteiger partial charge in [0.05, 0.1) is 22.3 Å². The molecule has 0 spiro atoms. The van der Waals surface area contributed by atoms with E-state index in [0.29, 0.717) is 21.1 Å². The number of hydrogen-bond donors (Lipinski definition) is 0. The SMILES string of the molecule is Cc1cccc(-n2c(SCC(=O)N(C)C)nc3cc(Cl)ccc3c2=O)c1. The summed E-state index contributed by atoms with van der Waals surface area (Å²) in [5, 5.41) is 1.46. The highest BCUT2D eigenvalue weighted by Crippen LogP contribution is 2.23. The lowest BCUT2D eigenvalue weighted by molar-refractivity contribution is -0.125. The molecule has 0 unspecified atom stereocenters. The zero-order valence-electron chi connectivity index (χ0n) is 14.7. The molecule has 0 N–H and O–H groups in total. The summed E-state index contributed by atoms with van der Waals surface area (Å²) in [6.45, 7) is 1.96. The van der Waals surface area contributed by atoms with Crippen LogP contribution >= 0.6 is 23.4 Å². The Morgan fingerprint density at radius 2 is 2.00 bits per heavy atom. The van der Waals surface area contributed by atoms with Crippen molar-refractivity contribution < 1.29 is 4.79 Å². The molecule has 3 rings (SSSR count). The lowest BCUT2D eigenvalue weighted by Gasteiger charge is -2.15. The zero-order chi connectivity index (χ0) is 18.8. The number of hydrogen-bond acceptors (Lipinski definition) is 4. The average molecular weight is 388 g/mol. The molecule has 1 amide bonds. The number of carbonyl (C=O) groups is 1. The van der Waals surface area contributed by atoms with Crippen LogP contribution < -0.4 is 5.56 Å². The summed E-state index contributed by atoms with van der Waals surface area (Å²) in [6.07, 6.45) is 0. The van der Waals surface area contributed by atoms with Crippen LogP contribution in [0.4, 0.5) is 0 Å². The minimum Gasteiger partial charge on any atom is -0.348 e. The van der Waals surface area contributed by atoms with Crippen molar-refractivity contribution in [1.82, 2.24) is 14.5 Å². The maximum absolute atomic E-state index is 13.1. The third-order valence-corrected chi connectivity index (χ3v) is 5.04. The fraction of sp³-hybridized carbons (Fsp3) is 0.211. The number of fused-ring (bicyclic) bond motifs is 1. The Balaban J connectivity index is 2.20. The van der Waals surface area contributed by atoms with Gasteiger partial charge in [-0.05, 0) is 42.8 Å². The van der Waals surface area contributed by atoms with Gasteiger partial charge in [-0.3, -0.25) is 14.2 Å². The van der Waals surface area contributed by atoms with Gasteiger partial charge in [-0.15, -0.1) is 0 Å². The van der Waals surface area contributed by atoms with Gasteiger partial charge in [-0.2, -0.15) is 0 Å². The molecular formula is C19H18ClN3O2S. The van der Waals surface area contributed by atoms with Gasteiger partial charge >= 0.3 is 0 Å². The molecule has 0 bridgehead atoms. The Hall–Kier alpha value is -2.31. The van der Waals surface area contributed by atoms with Gasteiger partial charge < -0.3 is 4.90 Å². The largest absolute Gasteiger partial charge is 0.348 e. The molecule has 2 aromatic carbocycles. The van der Waals surface area contributed by atoms with Crippen LogP contribution in [0.2, 0.25) is 5.02 Å². The Kier molecular flexibility index (Phi) is 5.34. The molecule has 3 aromatic rings. The first-order chi connectivity index (χ1) is 12.4. The molecule has 26 heavy (non-hydrogen) atoms. The average Bonchev–Trinajstić information content (AvgIpc) is 2.59. The van der Waals surface area contributed by atoms with Crippen LogP contribution in [0.1, 0.15) is 5.56 Å². The van der Waals surface area contributed by atoms with Crippen LogP contribution in [0.15, 0.2) is 52.4 Å². The molecule has 5 nitrogen and oxygen atoms in total. The number of aromatic nitrogens is 2. The van der Waals surface area contributed by atoms with E-state index in [1.165, 1.54) is 16.7 Å².